The predicted molar refractivity (Wildman–Crippen MR) is 303 cm³/mol. The fourth-order valence-corrected chi connectivity index (χ4v) is 10.7. The summed E-state index contributed by atoms with van der Waals surface area (Å²) in [6, 6.07) is 45.6. The molecular formula is C60H26N16O8. The van der Waals surface area contributed by atoms with E-state index in [1.165, 1.54) is 36.4 Å². The first-order valence-electron chi connectivity index (χ1n) is 24.9. The molecule has 24 nitrogen and oxygen atoms in total. The number of nitro groups is 4. The molecule has 0 spiro atoms. The van der Waals surface area contributed by atoms with Crippen LogP contribution in [0, 0.1) is 85.8 Å². The molecule has 394 valence electrons. The molecule has 8 bridgehead atoms. The molecule has 1 N–H and O–H groups in total. The van der Waals surface area contributed by atoms with Gasteiger partial charge in [-0.3, -0.25) is 45.0 Å². The van der Waals surface area contributed by atoms with Gasteiger partial charge in [-0.1, -0.05) is 72.8 Å². The van der Waals surface area contributed by atoms with Crippen molar-refractivity contribution in [3.63, 3.8) is 0 Å². The number of rotatable bonds is 8. The maximum absolute atomic E-state index is 12.4. The number of hydrogen-bond donors (Lipinski definition) is 1. The number of aromatic amines is 1. The first-order valence-corrected chi connectivity index (χ1v) is 24.9. The summed E-state index contributed by atoms with van der Waals surface area (Å²) in [4.78, 5) is 80.7. The van der Waals surface area contributed by atoms with Gasteiger partial charge in [0.1, 0.15) is 46.9 Å². The van der Waals surface area contributed by atoms with E-state index >= 15 is 0 Å². The average molecular weight is 1100 g/mol. The Kier molecular flexibility index (Phi) is 11.5. The van der Waals surface area contributed by atoms with Crippen molar-refractivity contribution in [2.45, 2.75) is 0 Å². The zero-order valence-corrected chi connectivity index (χ0v) is 42.4. The Morgan fingerprint density at radius 3 is 1.20 bits per heavy atom. The number of fused-ring (bicyclic) bond motifs is 20. The highest BCUT2D eigenvalue weighted by Crippen LogP contribution is 2.51. The molecule has 0 saturated heterocycles. The van der Waals surface area contributed by atoms with Crippen LogP contribution in [-0.4, -0.2) is 59.1 Å². The van der Waals surface area contributed by atoms with E-state index in [0.717, 1.165) is 36.4 Å². The van der Waals surface area contributed by atoms with E-state index < -0.39 is 36.8 Å². The van der Waals surface area contributed by atoms with Crippen molar-refractivity contribution in [3.8, 4) is 109 Å². The van der Waals surface area contributed by atoms with Gasteiger partial charge in [0.15, 0.2) is 23.3 Å². The number of nitrogens with zero attached hydrogens (tertiary/aromatic N) is 15. The van der Waals surface area contributed by atoms with Crippen LogP contribution in [0.2, 0.25) is 0 Å². The summed E-state index contributed by atoms with van der Waals surface area (Å²) in [6.07, 6.45) is 0. The molecule has 0 radical (unpaired) electrons. The van der Waals surface area contributed by atoms with Crippen LogP contribution < -0.4 is 0 Å². The highest BCUT2D eigenvalue weighted by molar-refractivity contribution is 6.20. The fourth-order valence-electron chi connectivity index (χ4n) is 10.7. The van der Waals surface area contributed by atoms with Crippen LogP contribution in [0.3, 0.4) is 0 Å². The topological polar surface area (TPSA) is 366 Å². The minimum Gasteiger partial charge on any atom is -0.324 e. The lowest BCUT2D eigenvalue weighted by molar-refractivity contribution is -0.385. The van der Waals surface area contributed by atoms with Crippen molar-refractivity contribution in [2.75, 3.05) is 0 Å². The first kappa shape index (κ1) is 50.2. The Balaban J connectivity index is 1.30. The minimum atomic E-state index is -0.697. The summed E-state index contributed by atoms with van der Waals surface area (Å²) in [5.74, 6) is 0.389. The monoisotopic (exact) mass is 1100 g/mol. The Morgan fingerprint density at radius 2 is 0.750 bits per heavy atom. The van der Waals surface area contributed by atoms with Crippen molar-refractivity contribution >= 4 is 66.9 Å². The summed E-state index contributed by atoms with van der Waals surface area (Å²) >= 11 is 0. The molecule has 0 amide bonds. The van der Waals surface area contributed by atoms with Gasteiger partial charge in [-0.15, -0.1) is 0 Å². The Bertz CT molecular complexity index is 5260. The van der Waals surface area contributed by atoms with Crippen LogP contribution >= 0.6 is 0 Å². The Labute approximate surface area is 468 Å². The molecule has 0 aliphatic carbocycles. The molecule has 8 aromatic carbocycles. The van der Waals surface area contributed by atoms with Gasteiger partial charge in [-0.2, -0.15) is 21.0 Å². The summed E-state index contributed by atoms with van der Waals surface area (Å²) in [5, 5.41) is 93.7. The third-order valence-corrected chi connectivity index (χ3v) is 14.4. The number of hydrogen-bond acceptors (Lipinski definition) is 18. The van der Waals surface area contributed by atoms with Gasteiger partial charge in [0.2, 0.25) is 0 Å². The molecule has 0 saturated carbocycles. The second-order valence-electron chi connectivity index (χ2n) is 18.9. The minimum absolute atomic E-state index is 0.0123. The van der Waals surface area contributed by atoms with E-state index in [4.69, 9.17) is 29.9 Å². The van der Waals surface area contributed by atoms with Crippen LogP contribution in [0.4, 0.5) is 22.7 Å². The highest BCUT2D eigenvalue weighted by atomic mass is 16.6. The second-order valence-corrected chi connectivity index (χ2v) is 18.9. The smallest absolute Gasteiger partial charge is 0.270 e. The SMILES string of the molecule is N#Cc1cc([N+](=O)[O-])ccc1-c1cc2c3nc4nc(nc5c6ccccc6c(nc6nc(nc([nH]3)c2c(-c2ccc([N+](=O)[O-])cc2C#N)c1-c1ccc([N+](=O)[O-])cc1C#N)-c1ccccc1-6)n5-c1ccc([N+](=O)[O-])cc1C#N)-c1ccccc1-4. The zero-order chi connectivity index (χ0) is 58.2. The van der Waals surface area contributed by atoms with E-state index in [1.54, 1.807) is 83.4 Å². The van der Waals surface area contributed by atoms with E-state index in [0.29, 0.717) is 33.0 Å². The molecule has 5 heterocycles. The van der Waals surface area contributed by atoms with Crippen molar-refractivity contribution in [1.29, 1.82) is 21.0 Å². The molecule has 0 atom stereocenters. The highest BCUT2D eigenvalue weighted by Gasteiger charge is 2.31. The summed E-state index contributed by atoms with van der Waals surface area (Å²) in [5.41, 5.74) is 0.270. The largest absolute Gasteiger partial charge is 0.324 e. The zero-order valence-electron chi connectivity index (χ0n) is 42.4. The summed E-state index contributed by atoms with van der Waals surface area (Å²) in [7, 11) is 0. The maximum atomic E-state index is 12.4. The fraction of sp³-hybridized carbons (Fsp3) is 0. The molecule has 2 aliphatic rings. The Morgan fingerprint density at radius 1 is 0.369 bits per heavy atom. The normalized spacial score (nSPS) is 11.2. The van der Waals surface area contributed by atoms with Crippen molar-refractivity contribution in [1.82, 2.24) is 39.5 Å². The predicted octanol–water partition coefficient (Wildman–Crippen LogP) is 12.5. The van der Waals surface area contributed by atoms with Crippen molar-refractivity contribution in [2.24, 2.45) is 0 Å². The van der Waals surface area contributed by atoms with Crippen LogP contribution in [0.15, 0.2) is 152 Å². The number of H-pyrrole nitrogens is 1. The molecule has 2 aliphatic heterocycles. The van der Waals surface area contributed by atoms with Gasteiger partial charge in [0.25, 0.3) is 22.7 Å². The molecule has 13 rings (SSSR count). The van der Waals surface area contributed by atoms with Gasteiger partial charge in [-0.05, 0) is 41.5 Å². The molecule has 84 heavy (non-hydrogen) atoms. The van der Waals surface area contributed by atoms with E-state index in [9.17, 15) is 61.5 Å². The van der Waals surface area contributed by atoms with Crippen LogP contribution in [-0.2, 0) is 0 Å². The second kappa shape index (κ2) is 19.2. The molecule has 3 aromatic heterocycles. The molecule has 0 unspecified atom stereocenters. The number of nitriles is 4. The number of non-ortho nitro benzene ring substituents is 4. The van der Waals surface area contributed by atoms with Crippen LogP contribution in [0.25, 0.3) is 129 Å². The van der Waals surface area contributed by atoms with E-state index in [1.807, 2.05) is 6.07 Å². The molecular weight excluding hydrogens is 1070 g/mol. The maximum Gasteiger partial charge on any atom is 0.270 e. The van der Waals surface area contributed by atoms with Crippen molar-refractivity contribution < 1.29 is 19.7 Å². The van der Waals surface area contributed by atoms with E-state index in [2.05, 4.69) is 23.2 Å². The van der Waals surface area contributed by atoms with Gasteiger partial charge in [0, 0.05) is 115 Å². The average Bonchev–Trinajstić information content (AvgIpc) is 2.48. The number of nitrogens with one attached hydrogen (secondary N) is 1. The van der Waals surface area contributed by atoms with Gasteiger partial charge < -0.3 is 4.98 Å². The van der Waals surface area contributed by atoms with Gasteiger partial charge >= 0.3 is 0 Å². The molecule has 11 aromatic rings. The molecule has 24 heteroatoms. The van der Waals surface area contributed by atoms with Crippen LogP contribution in [0.5, 0.6) is 0 Å². The quantitative estimate of drug-likeness (QED) is 0.109. The van der Waals surface area contributed by atoms with Gasteiger partial charge in [-0.25, -0.2) is 29.9 Å². The third-order valence-electron chi connectivity index (χ3n) is 14.4. The van der Waals surface area contributed by atoms with E-state index in [-0.39, 0.29) is 124 Å². The first-order chi connectivity index (χ1) is 40.8. The third kappa shape index (κ3) is 7.89. The number of nitro benzene ring substituents is 4. The summed E-state index contributed by atoms with van der Waals surface area (Å²) < 4.78 is 1.61. The lowest BCUT2D eigenvalue weighted by Crippen LogP contribution is -2.01. The van der Waals surface area contributed by atoms with Crippen LogP contribution in [0.1, 0.15) is 22.3 Å². The Hall–Kier alpha value is -13.3. The molecule has 0 fully saturated rings. The standard InChI is InChI=1S/C60H26N16O8/c61-26-30-21-34(73(77)78)13-17-38(30)47-25-48-52(51(40-19-15-36(75(81)82)23-32(40)28-63)50(47)39-18-14-35(74(79)80)22-31(39)27-62)58-68-54-42-8-2-4-10-44(42)56(66-54)71-60-46-12-6-5-11-45(46)59(72(60)49-20-16-37(76(83)84)24-33(49)29-64)70-55-43-9-3-1-7-41(43)53(65-55)67-57(48)69-58/h1-25H,(H,65,66,67,68,69,70,71). The summed E-state index contributed by atoms with van der Waals surface area (Å²) in [6.45, 7) is 0. The lowest BCUT2D eigenvalue weighted by Gasteiger charge is -2.20. The lowest BCUT2D eigenvalue weighted by atomic mass is 9.81. The number of benzene rings is 8. The van der Waals surface area contributed by atoms with Crippen molar-refractivity contribution in [3.05, 3.63) is 214 Å². The van der Waals surface area contributed by atoms with Gasteiger partial charge in [0.05, 0.1) is 47.6 Å². The number of aromatic nitrogens is 8.